The van der Waals surface area contributed by atoms with E-state index in [-0.39, 0.29) is 11.1 Å². The van der Waals surface area contributed by atoms with Crippen LogP contribution in [0.2, 0.25) is 0 Å². The van der Waals surface area contributed by atoms with Crippen LogP contribution in [0, 0.1) is 11.3 Å². The Kier molecular flexibility index (Phi) is 4.16. The van der Waals surface area contributed by atoms with Crippen LogP contribution in [0.1, 0.15) is 40.4 Å². The average Bonchev–Trinajstić information content (AvgIpc) is 2.35. The van der Waals surface area contributed by atoms with Gasteiger partial charge in [0.1, 0.15) is 0 Å². The smallest absolute Gasteiger partial charge is 0.338 e. The van der Waals surface area contributed by atoms with Gasteiger partial charge < -0.3 is 4.74 Å². The molecule has 0 radical (unpaired) electrons. The molecule has 0 bridgehead atoms. The van der Waals surface area contributed by atoms with Gasteiger partial charge in [0.15, 0.2) is 0 Å². The number of nitriles is 1. The molecule has 0 aliphatic heterocycles. The van der Waals surface area contributed by atoms with Crippen LogP contribution < -0.4 is 0 Å². The number of ether oxygens (including phenoxy) is 1. The van der Waals surface area contributed by atoms with Crippen molar-refractivity contribution in [3.8, 4) is 6.07 Å². The highest BCUT2D eigenvalue weighted by Gasteiger charge is 2.19. The van der Waals surface area contributed by atoms with Crippen molar-refractivity contribution in [3.63, 3.8) is 0 Å². The number of hydrogen-bond donors (Lipinski definition) is 0. The van der Waals surface area contributed by atoms with Crippen LogP contribution in [0.5, 0.6) is 0 Å². The molecule has 0 aliphatic carbocycles. The molecule has 0 aromatic heterocycles. The normalized spacial score (nSPS) is 10.1. The molecule has 17 heavy (non-hydrogen) atoms. The van der Waals surface area contributed by atoms with Crippen molar-refractivity contribution in [3.05, 3.63) is 34.4 Å². The molecular formula is C12H11F2NO2. The Hall–Kier alpha value is -1.96. The summed E-state index contributed by atoms with van der Waals surface area (Å²) in [7, 11) is 1.18. The second-order valence-corrected chi connectivity index (χ2v) is 3.35. The third-order valence-corrected chi connectivity index (χ3v) is 2.42. The molecule has 0 saturated heterocycles. The molecule has 0 fully saturated rings. The Morgan fingerprint density at radius 1 is 1.53 bits per heavy atom. The highest BCUT2D eigenvalue weighted by atomic mass is 19.3. The first-order valence-corrected chi connectivity index (χ1v) is 4.98. The van der Waals surface area contributed by atoms with E-state index in [1.165, 1.54) is 13.2 Å². The summed E-state index contributed by atoms with van der Waals surface area (Å²) < 4.78 is 29.9. The second-order valence-electron chi connectivity index (χ2n) is 3.35. The number of halogens is 2. The predicted octanol–water partition coefficient (Wildman–Crippen LogP) is 2.84. The zero-order chi connectivity index (χ0) is 13.0. The van der Waals surface area contributed by atoms with Crippen LogP contribution in [0.25, 0.3) is 0 Å². The van der Waals surface area contributed by atoms with Gasteiger partial charge in [-0.15, -0.1) is 0 Å². The Bertz CT molecular complexity index is 478. The van der Waals surface area contributed by atoms with Gasteiger partial charge in [0.2, 0.25) is 0 Å². The van der Waals surface area contributed by atoms with E-state index in [1.54, 1.807) is 13.0 Å². The Morgan fingerprint density at radius 3 is 2.59 bits per heavy atom. The largest absolute Gasteiger partial charge is 0.465 e. The maximum absolute atomic E-state index is 12.7. The van der Waals surface area contributed by atoms with Crippen LogP contribution >= 0.6 is 0 Å². The molecule has 3 nitrogen and oxygen atoms in total. The standard InChI is InChI=1S/C12H11F2NO2/c1-3-7-4-8(6-15)9(11(13)14)5-10(7)12(16)17-2/h4-5,11H,3H2,1-2H3. The highest BCUT2D eigenvalue weighted by Crippen LogP contribution is 2.26. The van der Waals surface area contributed by atoms with E-state index in [4.69, 9.17) is 5.26 Å². The lowest BCUT2D eigenvalue weighted by Gasteiger charge is -2.10. The lowest BCUT2D eigenvalue weighted by molar-refractivity contribution is 0.0599. The molecule has 1 rings (SSSR count). The quantitative estimate of drug-likeness (QED) is 0.762. The first kappa shape index (κ1) is 13.1. The zero-order valence-corrected chi connectivity index (χ0v) is 9.46. The molecule has 0 amide bonds. The van der Waals surface area contributed by atoms with Crippen LogP contribution in [0.3, 0.4) is 0 Å². The van der Waals surface area contributed by atoms with Gasteiger partial charge >= 0.3 is 5.97 Å². The van der Waals surface area contributed by atoms with Gasteiger partial charge in [0.25, 0.3) is 6.43 Å². The third kappa shape index (κ3) is 2.59. The van der Waals surface area contributed by atoms with E-state index >= 15 is 0 Å². The predicted molar refractivity (Wildman–Crippen MR) is 56.8 cm³/mol. The molecule has 0 aliphatic rings. The summed E-state index contributed by atoms with van der Waals surface area (Å²) in [6, 6.07) is 4.05. The first-order valence-electron chi connectivity index (χ1n) is 4.98. The minimum Gasteiger partial charge on any atom is -0.465 e. The van der Waals surface area contributed by atoms with Crippen LogP contribution in [0.4, 0.5) is 8.78 Å². The van der Waals surface area contributed by atoms with Gasteiger partial charge in [-0.2, -0.15) is 5.26 Å². The van der Waals surface area contributed by atoms with Crippen molar-refractivity contribution in [2.45, 2.75) is 19.8 Å². The molecular weight excluding hydrogens is 228 g/mol. The molecule has 1 aromatic carbocycles. The number of rotatable bonds is 3. The van der Waals surface area contributed by atoms with Crippen molar-refractivity contribution >= 4 is 5.97 Å². The molecule has 90 valence electrons. The summed E-state index contributed by atoms with van der Waals surface area (Å²) in [5.41, 5.74) is 0.0664. The topological polar surface area (TPSA) is 50.1 Å². The van der Waals surface area contributed by atoms with E-state index in [1.807, 2.05) is 0 Å². The van der Waals surface area contributed by atoms with Gasteiger partial charge in [0.05, 0.1) is 24.3 Å². The van der Waals surface area contributed by atoms with Crippen LogP contribution in [-0.4, -0.2) is 13.1 Å². The zero-order valence-electron chi connectivity index (χ0n) is 9.46. The summed E-state index contributed by atoms with van der Waals surface area (Å²) >= 11 is 0. The number of carbonyl (C=O) groups excluding carboxylic acids is 1. The van der Waals surface area contributed by atoms with Crippen molar-refractivity contribution in [2.75, 3.05) is 7.11 Å². The summed E-state index contributed by atoms with van der Waals surface area (Å²) in [5, 5.41) is 8.77. The Morgan fingerprint density at radius 2 is 2.18 bits per heavy atom. The number of nitrogens with zero attached hydrogens (tertiary/aromatic N) is 1. The maximum atomic E-state index is 12.7. The van der Waals surface area contributed by atoms with E-state index in [9.17, 15) is 13.6 Å². The number of alkyl halides is 2. The maximum Gasteiger partial charge on any atom is 0.338 e. The Labute approximate surface area is 97.6 Å². The van der Waals surface area contributed by atoms with Crippen LogP contribution in [-0.2, 0) is 11.2 Å². The molecule has 0 saturated carbocycles. The fraction of sp³-hybridized carbons (Fsp3) is 0.333. The number of benzene rings is 1. The van der Waals surface area contributed by atoms with Gasteiger partial charge in [0, 0.05) is 5.56 Å². The third-order valence-electron chi connectivity index (χ3n) is 2.42. The molecule has 5 heteroatoms. The van der Waals surface area contributed by atoms with E-state index in [2.05, 4.69) is 4.74 Å². The highest BCUT2D eigenvalue weighted by molar-refractivity contribution is 5.91. The molecule has 0 heterocycles. The van der Waals surface area contributed by atoms with E-state index in [0.29, 0.717) is 12.0 Å². The van der Waals surface area contributed by atoms with Gasteiger partial charge in [-0.25, -0.2) is 13.6 Å². The molecule has 0 unspecified atom stereocenters. The summed E-state index contributed by atoms with van der Waals surface area (Å²) in [6.45, 7) is 1.77. The molecule has 0 spiro atoms. The fourth-order valence-corrected chi connectivity index (χ4v) is 1.53. The summed E-state index contributed by atoms with van der Waals surface area (Å²) in [6.07, 6.45) is -2.33. The lowest BCUT2D eigenvalue weighted by Crippen LogP contribution is -2.08. The van der Waals surface area contributed by atoms with Gasteiger partial charge in [-0.05, 0) is 24.1 Å². The molecule has 0 atom stereocenters. The van der Waals surface area contributed by atoms with Crippen molar-refractivity contribution in [2.24, 2.45) is 0 Å². The van der Waals surface area contributed by atoms with Crippen molar-refractivity contribution < 1.29 is 18.3 Å². The molecule has 0 N–H and O–H groups in total. The van der Waals surface area contributed by atoms with Gasteiger partial charge in [-0.1, -0.05) is 6.92 Å². The number of aryl methyl sites for hydroxylation is 1. The number of methoxy groups -OCH3 is 1. The number of hydrogen-bond acceptors (Lipinski definition) is 3. The average molecular weight is 239 g/mol. The second kappa shape index (κ2) is 5.39. The summed E-state index contributed by atoms with van der Waals surface area (Å²) in [4.78, 5) is 11.4. The Balaban J connectivity index is 3.45. The van der Waals surface area contributed by atoms with Crippen LogP contribution in [0.15, 0.2) is 12.1 Å². The lowest BCUT2D eigenvalue weighted by atomic mass is 9.97. The van der Waals surface area contributed by atoms with Gasteiger partial charge in [-0.3, -0.25) is 0 Å². The SMILES string of the molecule is CCc1cc(C#N)c(C(F)F)cc1C(=O)OC. The van der Waals surface area contributed by atoms with Crippen molar-refractivity contribution in [1.29, 1.82) is 5.26 Å². The first-order chi connectivity index (χ1) is 8.04. The minimum absolute atomic E-state index is 0.0873. The number of carbonyl (C=O) groups is 1. The number of esters is 1. The monoisotopic (exact) mass is 239 g/mol. The minimum atomic E-state index is -2.79. The van der Waals surface area contributed by atoms with Crippen molar-refractivity contribution in [1.82, 2.24) is 0 Å². The fourth-order valence-electron chi connectivity index (χ4n) is 1.53. The molecule has 1 aromatic rings. The van der Waals surface area contributed by atoms with E-state index in [0.717, 1.165) is 6.07 Å². The summed E-state index contributed by atoms with van der Waals surface area (Å²) in [5.74, 6) is -0.673. The van der Waals surface area contributed by atoms with E-state index < -0.39 is 18.0 Å².